The van der Waals surface area contributed by atoms with Gasteiger partial charge < -0.3 is 15.5 Å². The molecule has 6 nitrogen and oxygen atoms in total. The van der Waals surface area contributed by atoms with Crippen molar-refractivity contribution in [3.63, 3.8) is 0 Å². The van der Waals surface area contributed by atoms with E-state index in [4.69, 9.17) is 0 Å². The minimum absolute atomic E-state index is 0.0556. The first kappa shape index (κ1) is 15.1. The topological polar surface area (TPSA) is 90.4 Å². The second kappa shape index (κ2) is 6.24. The molecule has 0 radical (unpaired) electrons. The summed E-state index contributed by atoms with van der Waals surface area (Å²) in [6.07, 6.45) is 2.45. The number of hydrogen-bond donors (Lipinski definition) is 3. The number of nitrogens with zero attached hydrogens (tertiary/aromatic N) is 2. The van der Waals surface area contributed by atoms with Gasteiger partial charge in [-0.05, 0) is 18.2 Å². The van der Waals surface area contributed by atoms with Crippen molar-refractivity contribution in [2.45, 2.75) is 6.42 Å². The minimum atomic E-state index is -0.0556. The van der Waals surface area contributed by atoms with Gasteiger partial charge in [0, 0.05) is 41.7 Å². The average molecular weight is 332 g/mol. The first-order chi connectivity index (χ1) is 12.3. The number of pyridine rings is 1. The van der Waals surface area contributed by atoms with Crippen LogP contribution in [0.15, 0.2) is 59.9 Å². The lowest BCUT2D eigenvalue weighted by Gasteiger charge is -2.11. The molecule has 6 heteroatoms. The molecule has 1 aliphatic heterocycles. The zero-order valence-electron chi connectivity index (χ0n) is 13.4. The van der Waals surface area contributed by atoms with E-state index in [1.54, 1.807) is 6.20 Å². The van der Waals surface area contributed by atoms with Crippen LogP contribution in [0.1, 0.15) is 27.3 Å². The predicted octanol–water partition coefficient (Wildman–Crippen LogP) is 2.59. The molecule has 3 N–H and O–H groups in total. The number of hydrogen-bond acceptors (Lipinski definition) is 4. The fourth-order valence-corrected chi connectivity index (χ4v) is 3.03. The maximum Gasteiger partial charge on any atom is 0.253 e. The lowest BCUT2D eigenvalue weighted by molar-refractivity contribution is 0.0946. The van der Waals surface area contributed by atoms with Crippen molar-refractivity contribution >= 4 is 11.6 Å². The Morgan fingerprint density at radius 2 is 2.00 bits per heavy atom. The van der Waals surface area contributed by atoms with Crippen molar-refractivity contribution in [3.8, 4) is 11.3 Å². The van der Waals surface area contributed by atoms with Gasteiger partial charge in [-0.1, -0.05) is 35.5 Å². The number of oxime groups is 1. The number of amides is 1. The number of carbonyl (C=O) groups excluding carboxylic acids is 1. The highest BCUT2D eigenvalue weighted by atomic mass is 16.4. The highest BCUT2D eigenvalue weighted by Gasteiger charge is 2.20. The van der Waals surface area contributed by atoms with Crippen molar-refractivity contribution in [3.05, 3.63) is 77.2 Å². The molecule has 0 spiro atoms. The molecule has 25 heavy (non-hydrogen) atoms. The van der Waals surface area contributed by atoms with Crippen LogP contribution in [0.2, 0.25) is 0 Å². The molecule has 1 aliphatic rings. The van der Waals surface area contributed by atoms with Crippen LogP contribution < -0.4 is 5.32 Å². The van der Waals surface area contributed by atoms with Crippen molar-refractivity contribution in [2.24, 2.45) is 5.16 Å². The molecular weight excluding hydrogens is 316 g/mol. The van der Waals surface area contributed by atoms with Crippen molar-refractivity contribution < 1.29 is 10.0 Å². The van der Waals surface area contributed by atoms with Gasteiger partial charge in [-0.25, -0.2) is 0 Å². The van der Waals surface area contributed by atoms with Gasteiger partial charge in [0.15, 0.2) is 0 Å². The van der Waals surface area contributed by atoms with Crippen molar-refractivity contribution in [1.82, 2.24) is 15.3 Å². The normalized spacial score (nSPS) is 14.1. The van der Waals surface area contributed by atoms with E-state index in [0.717, 1.165) is 28.9 Å². The van der Waals surface area contributed by atoms with Gasteiger partial charge in [0.1, 0.15) is 5.71 Å². The van der Waals surface area contributed by atoms with E-state index < -0.39 is 0 Å². The van der Waals surface area contributed by atoms with E-state index in [1.807, 2.05) is 48.5 Å². The van der Waals surface area contributed by atoms with Crippen molar-refractivity contribution in [2.75, 3.05) is 6.54 Å². The zero-order valence-corrected chi connectivity index (χ0v) is 13.4. The number of fused-ring (bicyclic) bond motifs is 1. The van der Waals surface area contributed by atoms with E-state index >= 15 is 0 Å². The lowest BCUT2D eigenvalue weighted by Crippen LogP contribution is -2.31. The van der Waals surface area contributed by atoms with Crippen LogP contribution in [0, 0.1) is 0 Å². The zero-order chi connectivity index (χ0) is 17.2. The van der Waals surface area contributed by atoms with E-state index in [9.17, 15) is 10.0 Å². The number of H-pyrrole nitrogens is 1. The van der Waals surface area contributed by atoms with Crippen LogP contribution in [0.4, 0.5) is 0 Å². The highest BCUT2D eigenvalue weighted by molar-refractivity contribution is 6.11. The largest absolute Gasteiger partial charge is 0.410 e. The van der Waals surface area contributed by atoms with Crippen LogP contribution >= 0.6 is 0 Å². The molecule has 2 aromatic heterocycles. The monoisotopic (exact) mass is 332 g/mol. The number of carbonyl (C=O) groups is 1. The molecule has 0 saturated carbocycles. The molecular formula is C19H16N4O2. The van der Waals surface area contributed by atoms with Gasteiger partial charge >= 0.3 is 0 Å². The molecule has 1 amide bonds. The smallest absolute Gasteiger partial charge is 0.253 e. The standard InChI is InChI=1S/C19H16N4O2/c24-19-14-11-16(22-15(14)7-9-21-19)13-6-8-20-17(10-13)18(23-25)12-4-2-1-3-5-12/h1-6,8,10-11,22,25H,7,9H2,(H,21,24)/b23-18-. The number of aromatic amines is 1. The minimum Gasteiger partial charge on any atom is -0.410 e. The van der Waals surface area contributed by atoms with Gasteiger partial charge in [0.05, 0.1) is 11.3 Å². The maximum absolute atomic E-state index is 11.9. The van der Waals surface area contributed by atoms with Gasteiger partial charge in [0.25, 0.3) is 5.91 Å². The van der Waals surface area contributed by atoms with E-state index in [2.05, 4.69) is 20.4 Å². The summed E-state index contributed by atoms with van der Waals surface area (Å²) < 4.78 is 0. The molecule has 1 aromatic carbocycles. The van der Waals surface area contributed by atoms with E-state index in [-0.39, 0.29) is 5.91 Å². The van der Waals surface area contributed by atoms with Gasteiger partial charge in [-0.15, -0.1) is 0 Å². The SMILES string of the molecule is O=C1NCCc2[nH]c(-c3ccnc(/C(=N\O)c4ccccc4)c3)cc21. The Labute approximate surface area is 144 Å². The molecule has 3 heterocycles. The summed E-state index contributed by atoms with van der Waals surface area (Å²) in [6.45, 7) is 0.642. The summed E-state index contributed by atoms with van der Waals surface area (Å²) in [5.41, 5.74) is 5.08. The maximum atomic E-state index is 11.9. The van der Waals surface area contributed by atoms with Crippen LogP contribution in [-0.4, -0.2) is 33.3 Å². The molecule has 0 unspecified atom stereocenters. The Balaban J connectivity index is 1.74. The molecule has 0 aliphatic carbocycles. The number of nitrogens with one attached hydrogen (secondary N) is 2. The van der Waals surface area contributed by atoms with E-state index in [1.165, 1.54) is 0 Å². The summed E-state index contributed by atoms with van der Waals surface area (Å²) in [5, 5.41) is 15.7. The Morgan fingerprint density at radius 3 is 2.76 bits per heavy atom. The predicted molar refractivity (Wildman–Crippen MR) is 93.9 cm³/mol. The highest BCUT2D eigenvalue weighted by Crippen LogP contribution is 2.24. The molecule has 0 bridgehead atoms. The Hall–Kier alpha value is -3.41. The molecule has 0 atom stereocenters. The number of benzene rings is 1. The van der Waals surface area contributed by atoms with Crippen molar-refractivity contribution in [1.29, 1.82) is 0 Å². The molecule has 124 valence electrons. The average Bonchev–Trinajstić information content (AvgIpc) is 3.09. The first-order valence-electron chi connectivity index (χ1n) is 8.00. The summed E-state index contributed by atoms with van der Waals surface area (Å²) in [6, 6.07) is 14.9. The Bertz CT molecular complexity index is 961. The first-order valence-corrected chi connectivity index (χ1v) is 8.00. The third kappa shape index (κ3) is 2.78. The Morgan fingerprint density at radius 1 is 1.16 bits per heavy atom. The summed E-state index contributed by atoms with van der Waals surface area (Å²) >= 11 is 0. The van der Waals surface area contributed by atoms with E-state index in [0.29, 0.717) is 23.5 Å². The summed E-state index contributed by atoms with van der Waals surface area (Å²) in [5.74, 6) is -0.0556. The molecule has 0 saturated heterocycles. The molecule has 0 fully saturated rings. The molecule has 3 aromatic rings. The van der Waals surface area contributed by atoms with Gasteiger partial charge in [-0.3, -0.25) is 9.78 Å². The quantitative estimate of drug-likeness (QED) is 0.391. The third-order valence-corrected chi connectivity index (χ3v) is 4.27. The van der Waals surface area contributed by atoms with Gasteiger partial charge in [0.2, 0.25) is 0 Å². The van der Waals surface area contributed by atoms with Crippen LogP contribution in [0.25, 0.3) is 11.3 Å². The fourth-order valence-electron chi connectivity index (χ4n) is 3.03. The van der Waals surface area contributed by atoms with Crippen LogP contribution in [0.5, 0.6) is 0 Å². The van der Waals surface area contributed by atoms with Gasteiger partial charge in [-0.2, -0.15) is 0 Å². The third-order valence-electron chi connectivity index (χ3n) is 4.27. The summed E-state index contributed by atoms with van der Waals surface area (Å²) in [4.78, 5) is 19.6. The second-order valence-corrected chi connectivity index (χ2v) is 5.83. The van der Waals surface area contributed by atoms with Crippen LogP contribution in [-0.2, 0) is 6.42 Å². The fraction of sp³-hybridized carbons (Fsp3) is 0.105. The van der Waals surface area contributed by atoms with Crippen LogP contribution in [0.3, 0.4) is 0 Å². The molecule has 4 rings (SSSR count). The lowest BCUT2D eigenvalue weighted by atomic mass is 10.0. The number of aromatic nitrogens is 2. The number of rotatable bonds is 3. The second-order valence-electron chi connectivity index (χ2n) is 5.83. The Kier molecular flexibility index (Phi) is 3.78. The summed E-state index contributed by atoms with van der Waals surface area (Å²) in [7, 11) is 0.